The van der Waals surface area contributed by atoms with Gasteiger partial charge in [-0.25, -0.2) is 0 Å². The van der Waals surface area contributed by atoms with Crippen molar-refractivity contribution in [1.29, 1.82) is 0 Å². The molecule has 3 heteroatoms. The molecule has 0 heterocycles. The van der Waals surface area contributed by atoms with Crippen molar-refractivity contribution in [2.45, 2.75) is 19.3 Å². The predicted molar refractivity (Wildman–Crippen MR) is 90.6 cm³/mol. The molecular formula is C16H15Br2Cl. The molecule has 0 fully saturated rings. The van der Waals surface area contributed by atoms with Crippen LogP contribution in [-0.2, 0) is 6.42 Å². The number of benzene rings is 2. The SMILES string of the molecule is Cc1ccc(CC(CBr)c2ccccc2Br)c(Cl)c1. The first-order valence-corrected chi connectivity index (χ1v) is 8.46. The fourth-order valence-corrected chi connectivity index (χ4v) is 3.64. The van der Waals surface area contributed by atoms with Crippen molar-refractivity contribution in [1.82, 2.24) is 0 Å². The molecule has 0 spiro atoms. The minimum absolute atomic E-state index is 0.413. The van der Waals surface area contributed by atoms with E-state index in [1.54, 1.807) is 0 Å². The molecule has 19 heavy (non-hydrogen) atoms. The van der Waals surface area contributed by atoms with Gasteiger partial charge in [0.2, 0.25) is 0 Å². The molecule has 2 rings (SSSR count). The lowest BCUT2D eigenvalue weighted by atomic mass is 9.93. The van der Waals surface area contributed by atoms with Crippen LogP contribution in [0.25, 0.3) is 0 Å². The van der Waals surface area contributed by atoms with Gasteiger partial charge in [0.25, 0.3) is 0 Å². The molecule has 100 valence electrons. The molecule has 0 aliphatic heterocycles. The zero-order chi connectivity index (χ0) is 13.8. The highest BCUT2D eigenvalue weighted by Crippen LogP contribution is 2.31. The Balaban J connectivity index is 2.27. The fourth-order valence-electron chi connectivity index (χ4n) is 2.14. The van der Waals surface area contributed by atoms with E-state index in [4.69, 9.17) is 11.6 Å². The van der Waals surface area contributed by atoms with Crippen LogP contribution in [0.15, 0.2) is 46.9 Å². The van der Waals surface area contributed by atoms with Gasteiger partial charge >= 0.3 is 0 Å². The summed E-state index contributed by atoms with van der Waals surface area (Å²) in [6.45, 7) is 2.06. The minimum Gasteiger partial charge on any atom is -0.0921 e. The number of hydrogen-bond donors (Lipinski definition) is 0. The quantitative estimate of drug-likeness (QED) is 0.540. The van der Waals surface area contributed by atoms with Gasteiger partial charge in [0, 0.05) is 14.8 Å². The first-order valence-electron chi connectivity index (χ1n) is 6.17. The Morgan fingerprint density at radius 1 is 1.16 bits per heavy atom. The summed E-state index contributed by atoms with van der Waals surface area (Å²) in [6, 6.07) is 14.6. The van der Waals surface area contributed by atoms with Gasteiger partial charge in [0.15, 0.2) is 0 Å². The van der Waals surface area contributed by atoms with E-state index in [-0.39, 0.29) is 0 Å². The van der Waals surface area contributed by atoms with Gasteiger partial charge in [-0.3, -0.25) is 0 Å². The first-order chi connectivity index (χ1) is 9.11. The van der Waals surface area contributed by atoms with Crippen molar-refractivity contribution in [3.8, 4) is 0 Å². The van der Waals surface area contributed by atoms with Crippen LogP contribution >= 0.6 is 43.5 Å². The van der Waals surface area contributed by atoms with Crippen LogP contribution in [0.3, 0.4) is 0 Å². The van der Waals surface area contributed by atoms with Gasteiger partial charge in [-0.2, -0.15) is 0 Å². The maximum Gasteiger partial charge on any atom is 0.0440 e. The van der Waals surface area contributed by atoms with E-state index in [9.17, 15) is 0 Å². The first kappa shape index (κ1) is 15.1. The maximum absolute atomic E-state index is 6.33. The molecule has 0 saturated heterocycles. The molecule has 0 saturated carbocycles. The second-order valence-electron chi connectivity index (χ2n) is 4.67. The van der Waals surface area contributed by atoms with Gasteiger partial charge in [0.05, 0.1) is 0 Å². The van der Waals surface area contributed by atoms with Crippen molar-refractivity contribution in [2.24, 2.45) is 0 Å². The van der Waals surface area contributed by atoms with Crippen LogP contribution in [0.5, 0.6) is 0 Å². The summed E-state index contributed by atoms with van der Waals surface area (Å²) in [5, 5.41) is 1.78. The third-order valence-corrected chi connectivity index (χ3v) is 5.06. The maximum atomic E-state index is 6.33. The topological polar surface area (TPSA) is 0 Å². The molecule has 0 aromatic heterocycles. The van der Waals surface area contributed by atoms with E-state index in [0.29, 0.717) is 5.92 Å². The lowest BCUT2D eigenvalue weighted by Gasteiger charge is -2.17. The molecule has 2 aromatic rings. The number of aryl methyl sites for hydroxylation is 1. The van der Waals surface area contributed by atoms with Crippen LogP contribution in [0.4, 0.5) is 0 Å². The third kappa shape index (κ3) is 3.84. The Morgan fingerprint density at radius 3 is 2.53 bits per heavy atom. The van der Waals surface area contributed by atoms with E-state index < -0.39 is 0 Å². The van der Waals surface area contributed by atoms with E-state index in [0.717, 1.165) is 21.2 Å². The van der Waals surface area contributed by atoms with E-state index in [2.05, 4.69) is 69.1 Å². The summed E-state index contributed by atoms with van der Waals surface area (Å²) in [6.07, 6.45) is 0.937. The van der Waals surface area contributed by atoms with Gasteiger partial charge in [-0.1, -0.05) is 73.8 Å². The van der Waals surface area contributed by atoms with E-state index in [1.807, 2.05) is 12.1 Å². The standard InChI is InChI=1S/C16H15Br2Cl/c1-11-6-7-12(16(19)8-11)9-13(10-17)14-4-2-3-5-15(14)18/h2-8,13H,9-10H2,1H3. The molecule has 1 unspecified atom stereocenters. The minimum atomic E-state index is 0.413. The average molecular weight is 403 g/mol. The molecule has 0 nitrogen and oxygen atoms in total. The summed E-state index contributed by atoms with van der Waals surface area (Å²) >= 11 is 13.6. The smallest absolute Gasteiger partial charge is 0.0440 e. The second-order valence-corrected chi connectivity index (χ2v) is 6.58. The monoisotopic (exact) mass is 400 g/mol. The van der Waals surface area contributed by atoms with Gasteiger partial charge in [-0.15, -0.1) is 0 Å². The highest BCUT2D eigenvalue weighted by molar-refractivity contribution is 9.10. The Bertz CT molecular complexity index is 566. The molecule has 0 N–H and O–H groups in total. The summed E-state index contributed by atoms with van der Waals surface area (Å²) in [4.78, 5) is 0. The van der Waals surface area contributed by atoms with Crippen LogP contribution < -0.4 is 0 Å². The van der Waals surface area contributed by atoms with E-state index in [1.165, 1.54) is 16.7 Å². The zero-order valence-corrected chi connectivity index (χ0v) is 14.6. The van der Waals surface area contributed by atoms with Crippen molar-refractivity contribution in [3.05, 3.63) is 68.7 Å². The molecule has 0 radical (unpaired) electrons. The van der Waals surface area contributed by atoms with Gasteiger partial charge < -0.3 is 0 Å². The van der Waals surface area contributed by atoms with Crippen molar-refractivity contribution < 1.29 is 0 Å². The average Bonchev–Trinajstić information content (AvgIpc) is 2.39. The van der Waals surface area contributed by atoms with Crippen LogP contribution in [0.1, 0.15) is 22.6 Å². The zero-order valence-electron chi connectivity index (χ0n) is 10.7. The van der Waals surface area contributed by atoms with Gasteiger partial charge in [0.1, 0.15) is 0 Å². The summed E-state index contributed by atoms with van der Waals surface area (Å²) < 4.78 is 1.16. The summed E-state index contributed by atoms with van der Waals surface area (Å²) in [5.41, 5.74) is 3.72. The lowest BCUT2D eigenvalue weighted by Crippen LogP contribution is -2.06. The van der Waals surface area contributed by atoms with Crippen LogP contribution in [0, 0.1) is 6.92 Å². The van der Waals surface area contributed by atoms with Crippen LogP contribution in [-0.4, -0.2) is 5.33 Å². The Morgan fingerprint density at radius 2 is 1.89 bits per heavy atom. The third-order valence-electron chi connectivity index (χ3n) is 3.21. The molecule has 2 aromatic carbocycles. The fraction of sp³-hybridized carbons (Fsp3) is 0.250. The molecular weight excluding hydrogens is 387 g/mol. The summed E-state index contributed by atoms with van der Waals surface area (Å²) in [5.74, 6) is 0.413. The largest absolute Gasteiger partial charge is 0.0921 e. The van der Waals surface area contributed by atoms with Crippen LogP contribution in [0.2, 0.25) is 5.02 Å². The van der Waals surface area contributed by atoms with E-state index >= 15 is 0 Å². The highest BCUT2D eigenvalue weighted by atomic mass is 79.9. The lowest BCUT2D eigenvalue weighted by molar-refractivity contribution is 0.771. The molecule has 0 bridgehead atoms. The van der Waals surface area contributed by atoms with Crippen molar-refractivity contribution in [3.63, 3.8) is 0 Å². The Kier molecular flexibility index (Phi) is 5.49. The molecule has 0 aliphatic carbocycles. The highest BCUT2D eigenvalue weighted by Gasteiger charge is 2.15. The second kappa shape index (κ2) is 6.92. The molecule has 0 aliphatic rings. The number of rotatable bonds is 4. The normalized spacial score (nSPS) is 12.4. The number of halogens is 3. The molecule has 0 amide bonds. The number of hydrogen-bond acceptors (Lipinski definition) is 0. The Hall–Kier alpha value is -0.310. The van der Waals surface area contributed by atoms with Crippen molar-refractivity contribution in [2.75, 3.05) is 5.33 Å². The van der Waals surface area contributed by atoms with Crippen molar-refractivity contribution >= 4 is 43.5 Å². The van der Waals surface area contributed by atoms with Gasteiger partial charge in [-0.05, 0) is 48.1 Å². The summed E-state index contributed by atoms with van der Waals surface area (Å²) in [7, 11) is 0. The Labute approximate surface area is 136 Å². The number of alkyl halides is 1. The molecule has 1 atom stereocenters. The predicted octanol–water partition coefficient (Wildman–Crippen LogP) is 6.13.